The van der Waals surface area contributed by atoms with Crippen LogP contribution in [0.3, 0.4) is 0 Å². The van der Waals surface area contributed by atoms with Gasteiger partial charge in [0.05, 0.1) is 15.5 Å². The summed E-state index contributed by atoms with van der Waals surface area (Å²) in [5.74, 6) is -0.687. The van der Waals surface area contributed by atoms with Crippen LogP contribution in [0.2, 0.25) is 5.02 Å². The molecule has 3 aromatic carbocycles. The molecular formula is C22H18ClF3N2O4S. The molecule has 2 N–H and O–H groups in total. The molecule has 0 aliphatic carbocycles. The number of benzene rings is 3. The number of anilines is 2. The Kier molecular flexibility index (Phi) is 7.19. The van der Waals surface area contributed by atoms with E-state index in [1.54, 1.807) is 24.3 Å². The van der Waals surface area contributed by atoms with E-state index in [1.807, 2.05) is 6.92 Å². The summed E-state index contributed by atoms with van der Waals surface area (Å²) in [6.45, 7) is 1.32. The third kappa shape index (κ3) is 6.62. The van der Waals surface area contributed by atoms with Crippen molar-refractivity contribution in [3.05, 3.63) is 82.9 Å². The Balaban J connectivity index is 1.63. The lowest BCUT2D eigenvalue weighted by molar-refractivity contribution is -0.137. The van der Waals surface area contributed by atoms with Crippen molar-refractivity contribution in [3.63, 3.8) is 0 Å². The number of nitrogens with one attached hydrogen (secondary N) is 2. The molecule has 0 radical (unpaired) electrons. The van der Waals surface area contributed by atoms with Crippen molar-refractivity contribution in [2.45, 2.75) is 18.0 Å². The van der Waals surface area contributed by atoms with Gasteiger partial charge in [-0.05, 0) is 55.5 Å². The van der Waals surface area contributed by atoms with E-state index in [0.29, 0.717) is 5.69 Å². The lowest BCUT2D eigenvalue weighted by atomic mass is 10.2. The highest BCUT2D eigenvalue weighted by Gasteiger charge is 2.30. The predicted molar refractivity (Wildman–Crippen MR) is 119 cm³/mol. The van der Waals surface area contributed by atoms with Crippen LogP contribution in [0.5, 0.6) is 5.75 Å². The molecule has 174 valence electrons. The molecule has 1 amide bonds. The van der Waals surface area contributed by atoms with Crippen LogP contribution in [0.4, 0.5) is 24.5 Å². The fourth-order valence-corrected chi connectivity index (χ4v) is 4.10. The van der Waals surface area contributed by atoms with Crippen molar-refractivity contribution in [3.8, 4) is 5.75 Å². The average Bonchev–Trinajstić information content (AvgIpc) is 2.74. The largest absolute Gasteiger partial charge is 0.482 e. The number of halogens is 4. The quantitative estimate of drug-likeness (QED) is 0.451. The number of alkyl halides is 3. The molecule has 6 nitrogen and oxygen atoms in total. The summed E-state index contributed by atoms with van der Waals surface area (Å²) in [5, 5.41) is 2.24. The fourth-order valence-electron chi connectivity index (χ4n) is 2.72. The Morgan fingerprint density at radius 1 is 1.00 bits per heavy atom. The van der Waals surface area contributed by atoms with Crippen LogP contribution in [-0.2, 0) is 21.0 Å². The maximum atomic E-state index is 12.8. The van der Waals surface area contributed by atoms with Crippen LogP contribution < -0.4 is 14.8 Å². The van der Waals surface area contributed by atoms with Gasteiger partial charge in [0.15, 0.2) is 6.61 Å². The first kappa shape index (κ1) is 24.4. The Hall–Kier alpha value is -3.24. The molecule has 0 saturated carbocycles. The molecule has 0 spiro atoms. The number of sulfonamides is 1. The van der Waals surface area contributed by atoms with Crippen molar-refractivity contribution >= 4 is 38.9 Å². The van der Waals surface area contributed by atoms with E-state index in [2.05, 4.69) is 10.0 Å². The van der Waals surface area contributed by atoms with Gasteiger partial charge in [0.2, 0.25) is 0 Å². The minimum atomic E-state index is -4.54. The molecule has 0 aromatic heterocycles. The van der Waals surface area contributed by atoms with Crippen LogP contribution in [0.1, 0.15) is 11.1 Å². The van der Waals surface area contributed by atoms with Gasteiger partial charge in [-0.1, -0.05) is 35.4 Å². The summed E-state index contributed by atoms with van der Waals surface area (Å²) >= 11 is 6.10. The summed E-state index contributed by atoms with van der Waals surface area (Å²) < 4.78 is 71.2. The molecule has 3 aromatic rings. The number of ether oxygens (including phenoxy) is 1. The second-order valence-electron chi connectivity index (χ2n) is 6.98. The fraction of sp³-hybridized carbons (Fsp3) is 0.136. The lowest BCUT2D eigenvalue weighted by Gasteiger charge is -2.12. The van der Waals surface area contributed by atoms with Gasteiger partial charge in [0.25, 0.3) is 15.9 Å². The summed E-state index contributed by atoms with van der Waals surface area (Å²) in [6.07, 6.45) is -4.54. The Bertz CT molecular complexity index is 1260. The van der Waals surface area contributed by atoms with Crippen LogP contribution in [0.15, 0.2) is 71.6 Å². The van der Waals surface area contributed by atoms with Gasteiger partial charge in [-0.2, -0.15) is 13.2 Å². The topological polar surface area (TPSA) is 84.5 Å². The Labute approximate surface area is 193 Å². The van der Waals surface area contributed by atoms with Gasteiger partial charge in [-0.25, -0.2) is 8.42 Å². The van der Waals surface area contributed by atoms with Crippen molar-refractivity contribution in [2.24, 2.45) is 0 Å². The second-order valence-corrected chi connectivity index (χ2v) is 9.07. The van der Waals surface area contributed by atoms with Crippen molar-refractivity contribution in [2.75, 3.05) is 16.6 Å². The summed E-state index contributed by atoms with van der Waals surface area (Å²) in [5.41, 5.74) is 0.399. The van der Waals surface area contributed by atoms with Crippen LogP contribution >= 0.6 is 11.6 Å². The number of hydrogen-bond donors (Lipinski definition) is 2. The van der Waals surface area contributed by atoms with E-state index in [1.165, 1.54) is 24.3 Å². The van der Waals surface area contributed by atoms with Crippen LogP contribution in [-0.4, -0.2) is 20.9 Å². The van der Waals surface area contributed by atoms with Crippen LogP contribution in [0.25, 0.3) is 0 Å². The van der Waals surface area contributed by atoms with Crippen molar-refractivity contribution in [1.29, 1.82) is 0 Å². The first-order chi connectivity index (χ1) is 15.4. The highest BCUT2D eigenvalue weighted by molar-refractivity contribution is 7.92. The molecule has 33 heavy (non-hydrogen) atoms. The van der Waals surface area contributed by atoms with Gasteiger partial charge < -0.3 is 10.1 Å². The molecule has 0 bridgehead atoms. The SMILES string of the molecule is Cc1ccc(NS(=O)(=O)c2ccc(OCC(=O)Nc3cccc(C(F)(F)F)c3)c(Cl)c2)cc1. The zero-order valence-electron chi connectivity index (χ0n) is 17.1. The molecule has 0 saturated heterocycles. The van der Waals surface area contributed by atoms with Gasteiger partial charge in [0.1, 0.15) is 5.75 Å². The number of rotatable bonds is 7. The third-order valence-corrected chi connectivity index (χ3v) is 6.02. The van der Waals surface area contributed by atoms with E-state index in [-0.39, 0.29) is 21.4 Å². The van der Waals surface area contributed by atoms with E-state index in [4.69, 9.17) is 16.3 Å². The minimum absolute atomic E-state index is 0.0325. The second kappa shape index (κ2) is 9.72. The van der Waals surface area contributed by atoms with E-state index in [9.17, 15) is 26.4 Å². The number of carbonyl (C=O) groups is 1. The summed E-state index contributed by atoms with van der Waals surface area (Å²) in [7, 11) is -3.91. The van der Waals surface area contributed by atoms with Crippen molar-refractivity contribution < 1.29 is 31.1 Å². The molecule has 0 aliphatic heterocycles. The molecule has 11 heteroatoms. The molecule has 0 fully saturated rings. The van der Waals surface area contributed by atoms with E-state index >= 15 is 0 Å². The predicted octanol–water partition coefficient (Wildman–Crippen LogP) is 5.49. The number of amides is 1. The Morgan fingerprint density at radius 2 is 1.70 bits per heavy atom. The zero-order valence-corrected chi connectivity index (χ0v) is 18.7. The highest BCUT2D eigenvalue weighted by atomic mass is 35.5. The summed E-state index contributed by atoms with van der Waals surface area (Å²) in [6, 6.07) is 14.6. The zero-order chi connectivity index (χ0) is 24.2. The van der Waals surface area contributed by atoms with Gasteiger partial charge in [-0.3, -0.25) is 9.52 Å². The standard InChI is InChI=1S/C22H18ClF3N2O4S/c1-14-5-7-16(8-6-14)28-33(30,31)18-9-10-20(19(23)12-18)32-13-21(29)27-17-4-2-3-15(11-17)22(24,25)26/h2-12,28H,13H2,1H3,(H,27,29). The first-order valence-electron chi connectivity index (χ1n) is 9.43. The molecule has 0 heterocycles. The van der Waals surface area contributed by atoms with E-state index < -0.39 is 34.3 Å². The number of carbonyl (C=O) groups excluding carboxylic acids is 1. The number of aryl methyl sites for hydroxylation is 1. The number of hydrogen-bond acceptors (Lipinski definition) is 4. The van der Waals surface area contributed by atoms with Crippen molar-refractivity contribution in [1.82, 2.24) is 0 Å². The normalized spacial score (nSPS) is 11.7. The third-order valence-electron chi connectivity index (χ3n) is 4.35. The molecule has 3 rings (SSSR count). The summed E-state index contributed by atoms with van der Waals surface area (Å²) in [4.78, 5) is 11.9. The monoisotopic (exact) mass is 498 g/mol. The molecular weight excluding hydrogens is 481 g/mol. The highest BCUT2D eigenvalue weighted by Crippen LogP contribution is 2.31. The smallest absolute Gasteiger partial charge is 0.416 e. The first-order valence-corrected chi connectivity index (χ1v) is 11.3. The van der Waals surface area contributed by atoms with Gasteiger partial charge >= 0.3 is 6.18 Å². The maximum Gasteiger partial charge on any atom is 0.416 e. The Morgan fingerprint density at radius 3 is 2.33 bits per heavy atom. The molecule has 0 atom stereocenters. The van der Waals surface area contributed by atoms with E-state index in [0.717, 1.165) is 23.8 Å². The minimum Gasteiger partial charge on any atom is -0.482 e. The van der Waals surface area contributed by atoms with Crippen LogP contribution in [0, 0.1) is 6.92 Å². The van der Waals surface area contributed by atoms with Gasteiger partial charge in [-0.15, -0.1) is 0 Å². The molecule has 0 aliphatic rings. The van der Waals surface area contributed by atoms with Gasteiger partial charge in [0, 0.05) is 11.4 Å². The molecule has 0 unspecified atom stereocenters. The average molecular weight is 499 g/mol. The maximum absolute atomic E-state index is 12.8. The lowest BCUT2D eigenvalue weighted by Crippen LogP contribution is -2.20.